The molecule has 0 aliphatic rings. The SMILES string of the molecule is COc1ccc(C=c2sc3nc(-c4ccc(OC)c(OC)c4)nn3c2=O)cc1OC. The van der Waals surface area contributed by atoms with E-state index in [9.17, 15) is 4.79 Å². The van der Waals surface area contributed by atoms with Crippen molar-refractivity contribution in [3.05, 3.63) is 56.8 Å². The average Bonchev–Trinajstić information content (AvgIpc) is 3.32. The summed E-state index contributed by atoms with van der Waals surface area (Å²) in [5.74, 6) is 2.83. The minimum Gasteiger partial charge on any atom is -0.493 e. The quantitative estimate of drug-likeness (QED) is 0.469. The molecule has 0 spiro atoms. The fourth-order valence-corrected chi connectivity index (χ4v) is 3.93. The second-order valence-corrected chi connectivity index (χ2v) is 7.24. The molecule has 0 unspecified atom stereocenters. The number of methoxy groups -OCH3 is 4. The lowest BCUT2D eigenvalue weighted by molar-refractivity contribution is 0.355. The zero-order chi connectivity index (χ0) is 21.3. The van der Waals surface area contributed by atoms with Crippen molar-refractivity contribution in [3.63, 3.8) is 0 Å². The van der Waals surface area contributed by atoms with E-state index in [4.69, 9.17) is 18.9 Å². The van der Waals surface area contributed by atoms with Gasteiger partial charge >= 0.3 is 0 Å². The van der Waals surface area contributed by atoms with E-state index >= 15 is 0 Å². The van der Waals surface area contributed by atoms with Crippen LogP contribution in [0.5, 0.6) is 23.0 Å². The lowest BCUT2D eigenvalue weighted by atomic mass is 10.2. The Morgan fingerprint density at radius 2 is 1.50 bits per heavy atom. The van der Waals surface area contributed by atoms with Gasteiger partial charge in [0.15, 0.2) is 28.8 Å². The Kier molecular flexibility index (Phi) is 5.28. The number of fused-ring (bicyclic) bond motifs is 1. The van der Waals surface area contributed by atoms with Gasteiger partial charge in [0, 0.05) is 5.56 Å². The summed E-state index contributed by atoms with van der Waals surface area (Å²) in [7, 11) is 6.28. The van der Waals surface area contributed by atoms with Crippen LogP contribution in [0.1, 0.15) is 5.56 Å². The van der Waals surface area contributed by atoms with Crippen LogP contribution in [0.3, 0.4) is 0 Å². The van der Waals surface area contributed by atoms with E-state index < -0.39 is 0 Å². The van der Waals surface area contributed by atoms with Crippen molar-refractivity contribution in [1.82, 2.24) is 14.6 Å². The molecule has 0 saturated carbocycles. The molecule has 0 aliphatic heterocycles. The van der Waals surface area contributed by atoms with Crippen LogP contribution in [-0.4, -0.2) is 43.0 Å². The molecular weight excluding hydrogens is 406 g/mol. The molecule has 0 saturated heterocycles. The summed E-state index contributed by atoms with van der Waals surface area (Å²) in [5.41, 5.74) is 1.31. The highest BCUT2D eigenvalue weighted by Gasteiger charge is 2.14. The Balaban J connectivity index is 1.75. The normalized spacial score (nSPS) is 11.7. The third-order valence-corrected chi connectivity index (χ3v) is 5.49. The minimum atomic E-state index is -0.232. The molecule has 2 aromatic heterocycles. The number of hydrogen-bond acceptors (Lipinski definition) is 8. The molecule has 0 fully saturated rings. The highest BCUT2D eigenvalue weighted by Crippen LogP contribution is 2.31. The molecule has 4 rings (SSSR count). The van der Waals surface area contributed by atoms with Gasteiger partial charge in [-0.15, -0.1) is 5.10 Å². The van der Waals surface area contributed by atoms with E-state index in [0.717, 1.165) is 11.1 Å². The van der Waals surface area contributed by atoms with E-state index in [1.165, 1.54) is 15.9 Å². The Morgan fingerprint density at radius 1 is 0.867 bits per heavy atom. The summed E-state index contributed by atoms with van der Waals surface area (Å²) >= 11 is 1.27. The lowest BCUT2D eigenvalue weighted by Gasteiger charge is -2.07. The zero-order valence-electron chi connectivity index (χ0n) is 16.8. The van der Waals surface area contributed by atoms with Gasteiger partial charge in [-0.05, 0) is 42.0 Å². The number of nitrogens with zero attached hydrogens (tertiary/aromatic N) is 3. The van der Waals surface area contributed by atoms with Gasteiger partial charge in [0.1, 0.15) is 0 Å². The van der Waals surface area contributed by atoms with Crippen molar-refractivity contribution in [2.24, 2.45) is 0 Å². The smallest absolute Gasteiger partial charge is 0.291 e. The van der Waals surface area contributed by atoms with E-state index in [2.05, 4.69) is 10.1 Å². The molecule has 4 aromatic rings. The Morgan fingerprint density at radius 3 is 2.13 bits per heavy atom. The topological polar surface area (TPSA) is 84.2 Å². The van der Waals surface area contributed by atoms with Gasteiger partial charge in [-0.2, -0.15) is 9.50 Å². The van der Waals surface area contributed by atoms with E-state index in [0.29, 0.717) is 38.3 Å². The zero-order valence-corrected chi connectivity index (χ0v) is 17.6. The highest BCUT2D eigenvalue weighted by molar-refractivity contribution is 7.15. The van der Waals surface area contributed by atoms with Crippen molar-refractivity contribution in [1.29, 1.82) is 0 Å². The molecule has 154 valence electrons. The molecule has 2 aromatic carbocycles. The first-order valence-corrected chi connectivity index (χ1v) is 9.75. The number of thiazole rings is 1. The van der Waals surface area contributed by atoms with E-state index in [1.54, 1.807) is 52.7 Å². The molecule has 0 radical (unpaired) electrons. The maximum Gasteiger partial charge on any atom is 0.291 e. The fraction of sp³-hybridized carbons (Fsp3) is 0.190. The van der Waals surface area contributed by atoms with Gasteiger partial charge in [0.05, 0.1) is 33.0 Å². The minimum absolute atomic E-state index is 0.232. The first kappa shape index (κ1) is 19.7. The average molecular weight is 425 g/mol. The molecule has 0 N–H and O–H groups in total. The molecular formula is C21H19N3O5S. The van der Waals surface area contributed by atoms with Crippen LogP contribution in [0, 0.1) is 0 Å². The fourth-order valence-electron chi connectivity index (χ4n) is 3.03. The molecule has 2 heterocycles. The molecule has 9 heteroatoms. The largest absolute Gasteiger partial charge is 0.493 e. The maximum atomic E-state index is 12.8. The number of hydrogen-bond donors (Lipinski definition) is 0. The summed E-state index contributed by atoms with van der Waals surface area (Å²) in [6.45, 7) is 0. The first-order valence-electron chi connectivity index (χ1n) is 8.93. The Labute approximate surface area is 175 Å². The molecule has 30 heavy (non-hydrogen) atoms. The van der Waals surface area contributed by atoms with Crippen molar-refractivity contribution < 1.29 is 18.9 Å². The van der Waals surface area contributed by atoms with Crippen molar-refractivity contribution in [2.45, 2.75) is 0 Å². The number of rotatable bonds is 6. The predicted octanol–water partition coefficient (Wildman–Crippen LogP) is 2.40. The molecule has 0 atom stereocenters. The third-order valence-electron chi connectivity index (χ3n) is 4.53. The Bertz CT molecular complexity index is 1330. The molecule has 8 nitrogen and oxygen atoms in total. The van der Waals surface area contributed by atoms with E-state index in [-0.39, 0.29) is 5.56 Å². The van der Waals surface area contributed by atoms with Crippen LogP contribution in [0.15, 0.2) is 41.2 Å². The van der Waals surface area contributed by atoms with Crippen LogP contribution < -0.4 is 29.0 Å². The summed E-state index contributed by atoms with van der Waals surface area (Å²) in [6.07, 6.45) is 1.78. The van der Waals surface area contributed by atoms with Gasteiger partial charge in [0.2, 0.25) is 4.96 Å². The van der Waals surface area contributed by atoms with E-state index in [1.807, 2.05) is 18.2 Å². The van der Waals surface area contributed by atoms with Crippen LogP contribution in [0.2, 0.25) is 0 Å². The monoisotopic (exact) mass is 425 g/mol. The standard InChI is InChI=1S/C21H19N3O5S/c1-26-14-7-5-12(9-16(14)28-3)10-18-20(25)24-21(30-18)22-19(23-24)13-6-8-15(27-2)17(11-13)29-4/h5-11H,1-4H3. The number of aromatic nitrogens is 3. The molecule has 0 bridgehead atoms. The lowest BCUT2D eigenvalue weighted by Crippen LogP contribution is -2.23. The van der Waals surface area contributed by atoms with Gasteiger partial charge in [0.25, 0.3) is 5.56 Å². The van der Waals surface area contributed by atoms with Crippen molar-refractivity contribution in [2.75, 3.05) is 28.4 Å². The van der Waals surface area contributed by atoms with Crippen molar-refractivity contribution >= 4 is 22.4 Å². The highest BCUT2D eigenvalue weighted by atomic mass is 32.1. The van der Waals surface area contributed by atoms with Crippen LogP contribution in [0.25, 0.3) is 22.4 Å². The molecule has 0 aliphatic carbocycles. The second-order valence-electron chi connectivity index (χ2n) is 6.23. The number of ether oxygens (including phenoxy) is 4. The maximum absolute atomic E-state index is 12.8. The third kappa shape index (κ3) is 3.43. The van der Waals surface area contributed by atoms with Crippen LogP contribution in [-0.2, 0) is 0 Å². The van der Waals surface area contributed by atoms with Gasteiger partial charge in [-0.25, -0.2) is 0 Å². The second kappa shape index (κ2) is 8.03. The van der Waals surface area contributed by atoms with Gasteiger partial charge in [-0.1, -0.05) is 17.4 Å². The summed E-state index contributed by atoms with van der Waals surface area (Å²) in [4.78, 5) is 17.8. The predicted molar refractivity (Wildman–Crippen MR) is 114 cm³/mol. The summed E-state index contributed by atoms with van der Waals surface area (Å²) < 4.78 is 23.0. The molecule has 0 amide bonds. The van der Waals surface area contributed by atoms with Gasteiger partial charge in [-0.3, -0.25) is 4.79 Å². The summed E-state index contributed by atoms with van der Waals surface area (Å²) in [6, 6.07) is 10.8. The Hall–Kier alpha value is -3.59. The first-order chi connectivity index (χ1) is 14.6. The van der Waals surface area contributed by atoms with Crippen LogP contribution in [0.4, 0.5) is 0 Å². The number of benzene rings is 2. The van der Waals surface area contributed by atoms with Crippen molar-refractivity contribution in [3.8, 4) is 34.4 Å². The summed E-state index contributed by atoms with van der Waals surface area (Å²) in [5, 5.41) is 4.38. The van der Waals surface area contributed by atoms with Gasteiger partial charge < -0.3 is 18.9 Å². The van der Waals surface area contributed by atoms with Crippen LogP contribution >= 0.6 is 11.3 Å².